The molecule has 1 aromatic carbocycles. The van der Waals surface area contributed by atoms with Crippen LogP contribution in [0.2, 0.25) is 0 Å². The van der Waals surface area contributed by atoms with Crippen molar-refractivity contribution in [1.82, 2.24) is 5.32 Å². The lowest BCUT2D eigenvalue weighted by molar-refractivity contribution is 0.171. The molecule has 2 aliphatic heterocycles. The van der Waals surface area contributed by atoms with Gasteiger partial charge in [-0.2, -0.15) is 0 Å². The zero-order valence-corrected chi connectivity index (χ0v) is 10.5. The Balaban J connectivity index is 1.52. The van der Waals surface area contributed by atoms with E-state index in [4.69, 9.17) is 14.2 Å². The van der Waals surface area contributed by atoms with Crippen LogP contribution in [0.25, 0.3) is 0 Å². The number of benzene rings is 1. The Morgan fingerprint density at radius 1 is 1.11 bits per heavy atom. The summed E-state index contributed by atoms with van der Waals surface area (Å²) in [6.07, 6.45) is 2.13. The van der Waals surface area contributed by atoms with Crippen molar-refractivity contribution in [1.29, 1.82) is 0 Å². The van der Waals surface area contributed by atoms with Crippen molar-refractivity contribution < 1.29 is 14.2 Å². The Morgan fingerprint density at radius 3 is 2.83 bits per heavy atom. The summed E-state index contributed by atoms with van der Waals surface area (Å²) in [6.45, 7) is 4.01. The zero-order chi connectivity index (χ0) is 12.2. The summed E-state index contributed by atoms with van der Waals surface area (Å²) in [4.78, 5) is 0. The van der Waals surface area contributed by atoms with Crippen molar-refractivity contribution in [3.63, 3.8) is 0 Å². The summed E-state index contributed by atoms with van der Waals surface area (Å²) < 4.78 is 16.4. The second-order valence-corrected chi connectivity index (χ2v) is 4.74. The summed E-state index contributed by atoms with van der Waals surface area (Å²) in [6, 6.07) is 6.73. The number of nitrogens with one attached hydrogen (secondary N) is 1. The third-order valence-electron chi connectivity index (χ3n) is 3.38. The molecular weight excluding hydrogens is 230 g/mol. The van der Waals surface area contributed by atoms with Crippen molar-refractivity contribution in [3.8, 4) is 11.5 Å². The minimum absolute atomic E-state index is 0.530. The molecule has 0 aromatic heterocycles. The quantitative estimate of drug-likeness (QED) is 0.875. The maximum absolute atomic E-state index is 5.58. The summed E-state index contributed by atoms with van der Waals surface area (Å²) in [5.74, 6) is 1.74. The fourth-order valence-electron chi connectivity index (χ4n) is 2.36. The van der Waals surface area contributed by atoms with E-state index in [-0.39, 0.29) is 0 Å². The highest BCUT2D eigenvalue weighted by Gasteiger charge is 2.15. The highest BCUT2D eigenvalue weighted by molar-refractivity contribution is 5.43. The topological polar surface area (TPSA) is 39.7 Å². The van der Waals surface area contributed by atoms with Gasteiger partial charge in [-0.3, -0.25) is 0 Å². The molecule has 0 saturated carbocycles. The van der Waals surface area contributed by atoms with Gasteiger partial charge in [0.25, 0.3) is 0 Å². The molecule has 2 aliphatic rings. The molecule has 0 amide bonds. The minimum Gasteiger partial charge on any atom is -0.486 e. The first-order valence-electron chi connectivity index (χ1n) is 6.61. The standard InChI is InChI=1S/C14H19NO3/c1-2-13-14(18-8-7-17-13)9-11(1)3-5-15-12-4-6-16-10-12/h1-2,9,12,15H,3-8,10H2. The summed E-state index contributed by atoms with van der Waals surface area (Å²) in [7, 11) is 0. The van der Waals surface area contributed by atoms with Crippen molar-refractivity contribution in [3.05, 3.63) is 23.8 Å². The molecule has 0 aliphatic carbocycles. The van der Waals surface area contributed by atoms with Gasteiger partial charge in [0, 0.05) is 12.6 Å². The van der Waals surface area contributed by atoms with Crippen LogP contribution in [0.1, 0.15) is 12.0 Å². The fourth-order valence-corrected chi connectivity index (χ4v) is 2.36. The van der Waals surface area contributed by atoms with Crippen LogP contribution in [-0.2, 0) is 11.2 Å². The third kappa shape index (κ3) is 2.76. The van der Waals surface area contributed by atoms with Crippen LogP contribution < -0.4 is 14.8 Å². The van der Waals surface area contributed by atoms with Gasteiger partial charge in [-0.05, 0) is 37.1 Å². The summed E-state index contributed by atoms with van der Waals surface area (Å²) >= 11 is 0. The molecule has 1 saturated heterocycles. The third-order valence-corrected chi connectivity index (χ3v) is 3.38. The van der Waals surface area contributed by atoms with Gasteiger partial charge in [0.1, 0.15) is 13.2 Å². The Hall–Kier alpha value is -1.26. The van der Waals surface area contributed by atoms with Gasteiger partial charge in [-0.1, -0.05) is 6.07 Å². The van der Waals surface area contributed by atoms with Crippen molar-refractivity contribution in [2.24, 2.45) is 0 Å². The average Bonchev–Trinajstić information content (AvgIpc) is 2.92. The lowest BCUT2D eigenvalue weighted by atomic mass is 10.1. The van der Waals surface area contributed by atoms with Crippen LogP contribution in [0, 0.1) is 0 Å². The second-order valence-electron chi connectivity index (χ2n) is 4.74. The Bertz CT molecular complexity index is 402. The van der Waals surface area contributed by atoms with Crippen molar-refractivity contribution in [2.45, 2.75) is 18.9 Å². The number of ether oxygens (including phenoxy) is 3. The molecular formula is C14H19NO3. The molecule has 2 heterocycles. The Kier molecular flexibility index (Phi) is 3.67. The summed E-state index contributed by atoms with van der Waals surface area (Å²) in [5, 5.41) is 3.51. The van der Waals surface area contributed by atoms with Crippen LogP contribution in [-0.4, -0.2) is 39.0 Å². The molecule has 0 spiro atoms. The first-order chi connectivity index (χ1) is 8.92. The lowest BCUT2D eigenvalue weighted by Gasteiger charge is -2.19. The molecule has 1 fully saturated rings. The smallest absolute Gasteiger partial charge is 0.161 e. The van der Waals surface area contributed by atoms with Gasteiger partial charge in [0.05, 0.1) is 6.61 Å². The van der Waals surface area contributed by atoms with Crippen LogP contribution >= 0.6 is 0 Å². The average molecular weight is 249 g/mol. The van der Waals surface area contributed by atoms with E-state index < -0.39 is 0 Å². The number of hydrogen-bond donors (Lipinski definition) is 1. The molecule has 1 N–H and O–H groups in total. The van der Waals surface area contributed by atoms with E-state index in [0.29, 0.717) is 19.3 Å². The van der Waals surface area contributed by atoms with Gasteiger partial charge in [0.15, 0.2) is 11.5 Å². The normalized spacial score (nSPS) is 22.1. The molecule has 3 rings (SSSR count). The Labute approximate surface area is 107 Å². The first-order valence-corrected chi connectivity index (χ1v) is 6.61. The lowest BCUT2D eigenvalue weighted by Crippen LogP contribution is -2.30. The Morgan fingerprint density at radius 2 is 2.00 bits per heavy atom. The van der Waals surface area contributed by atoms with E-state index in [0.717, 1.165) is 44.1 Å². The number of hydrogen-bond acceptors (Lipinski definition) is 4. The molecule has 4 nitrogen and oxygen atoms in total. The van der Waals surface area contributed by atoms with E-state index >= 15 is 0 Å². The number of fused-ring (bicyclic) bond motifs is 1. The second kappa shape index (κ2) is 5.59. The molecule has 0 radical (unpaired) electrons. The van der Waals surface area contributed by atoms with Crippen molar-refractivity contribution in [2.75, 3.05) is 33.0 Å². The van der Waals surface area contributed by atoms with E-state index in [1.54, 1.807) is 0 Å². The predicted molar refractivity (Wildman–Crippen MR) is 68.4 cm³/mol. The van der Waals surface area contributed by atoms with Gasteiger partial charge in [-0.15, -0.1) is 0 Å². The highest BCUT2D eigenvalue weighted by Crippen LogP contribution is 2.30. The first kappa shape index (κ1) is 11.8. The SMILES string of the molecule is c1cc2c(cc1CCNC1CCOC1)OCCO2. The van der Waals surface area contributed by atoms with E-state index in [2.05, 4.69) is 17.4 Å². The predicted octanol–water partition coefficient (Wildman–Crippen LogP) is 1.38. The van der Waals surface area contributed by atoms with Crippen LogP contribution in [0.15, 0.2) is 18.2 Å². The molecule has 4 heteroatoms. The van der Waals surface area contributed by atoms with E-state index in [1.807, 2.05) is 6.07 Å². The molecule has 98 valence electrons. The van der Waals surface area contributed by atoms with Crippen LogP contribution in [0.5, 0.6) is 11.5 Å². The molecule has 1 unspecified atom stereocenters. The summed E-state index contributed by atoms with van der Waals surface area (Å²) in [5.41, 5.74) is 1.28. The van der Waals surface area contributed by atoms with Crippen LogP contribution in [0.3, 0.4) is 0 Å². The molecule has 1 aromatic rings. The maximum atomic E-state index is 5.58. The fraction of sp³-hybridized carbons (Fsp3) is 0.571. The van der Waals surface area contributed by atoms with E-state index in [9.17, 15) is 0 Å². The monoisotopic (exact) mass is 249 g/mol. The molecule has 0 bridgehead atoms. The molecule has 18 heavy (non-hydrogen) atoms. The van der Waals surface area contributed by atoms with Crippen LogP contribution in [0.4, 0.5) is 0 Å². The van der Waals surface area contributed by atoms with Gasteiger partial charge >= 0.3 is 0 Å². The molecule has 1 atom stereocenters. The highest BCUT2D eigenvalue weighted by atomic mass is 16.6. The minimum atomic E-state index is 0.530. The van der Waals surface area contributed by atoms with E-state index in [1.165, 1.54) is 5.56 Å². The number of rotatable bonds is 4. The maximum Gasteiger partial charge on any atom is 0.161 e. The van der Waals surface area contributed by atoms with Gasteiger partial charge < -0.3 is 19.5 Å². The van der Waals surface area contributed by atoms with Gasteiger partial charge in [-0.25, -0.2) is 0 Å². The zero-order valence-electron chi connectivity index (χ0n) is 10.5. The van der Waals surface area contributed by atoms with Crippen molar-refractivity contribution >= 4 is 0 Å². The van der Waals surface area contributed by atoms with Gasteiger partial charge in [0.2, 0.25) is 0 Å². The largest absolute Gasteiger partial charge is 0.486 e.